The van der Waals surface area contributed by atoms with E-state index < -0.39 is 0 Å². The normalized spacial score (nSPS) is 16.0. The van der Waals surface area contributed by atoms with E-state index in [0.717, 1.165) is 12.8 Å². The van der Waals surface area contributed by atoms with Gasteiger partial charge < -0.3 is 4.90 Å². The molecule has 0 saturated carbocycles. The predicted octanol–water partition coefficient (Wildman–Crippen LogP) is 6.80. The van der Waals surface area contributed by atoms with Crippen molar-refractivity contribution in [2.75, 3.05) is 19.0 Å². The third-order valence-electron chi connectivity index (χ3n) is 6.23. The molecule has 2 aromatic rings. The second-order valence-electron chi connectivity index (χ2n) is 8.38. The van der Waals surface area contributed by atoms with Crippen LogP contribution in [0.4, 0.5) is 11.4 Å². The van der Waals surface area contributed by atoms with Gasteiger partial charge >= 0.3 is 0 Å². The molecule has 2 nitrogen and oxygen atoms in total. The minimum Gasteiger partial charge on any atom is -0.348 e. The Hall–Kier alpha value is -2.87. The molecule has 0 unspecified atom stereocenters. The molecule has 0 spiro atoms. The number of benzene rings is 2. The largest absolute Gasteiger partial charge is 0.348 e. The average molecular weight is 400 g/mol. The van der Waals surface area contributed by atoms with E-state index in [1.807, 2.05) is 0 Å². The number of rotatable bonds is 7. The van der Waals surface area contributed by atoms with Crippen LogP contribution in [0.15, 0.2) is 84.6 Å². The van der Waals surface area contributed by atoms with Crippen molar-refractivity contribution in [2.45, 2.75) is 46.0 Å². The molecule has 2 heteroatoms. The highest BCUT2D eigenvalue weighted by Gasteiger charge is 2.42. The van der Waals surface area contributed by atoms with Crippen molar-refractivity contribution >= 4 is 17.1 Å². The zero-order valence-electron chi connectivity index (χ0n) is 19.3. The second kappa shape index (κ2) is 9.30. The van der Waals surface area contributed by atoms with Gasteiger partial charge in [-0.15, -0.1) is 0 Å². The van der Waals surface area contributed by atoms with E-state index in [4.69, 9.17) is 0 Å². The molecule has 0 radical (unpaired) electrons. The van der Waals surface area contributed by atoms with Gasteiger partial charge in [0.25, 0.3) is 0 Å². The fourth-order valence-corrected chi connectivity index (χ4v) is 4.44. The average Bonchev–Trinajstić information content (AvgIpc) is 2.96. The Morgan fingerprint density at radius 2 is 1.67 bits per heavy atom. The second-order valence-corrected chi connectivity index (χ2v) is 8.38. The molecule has 0 atom stereocenters. The Balaban J connectivity index is 1.77. The smallest absolute Gasteiger partial charge is 0.209 e. The van der Waals surface area contributed by atoms with E-state index >= 15 is 0 Å². The Kier molecular flexibility index (Phi) is 6.77. The lowest BCUT2D eigenvalue weighted by Crippen LogP contribution is -2.26. The molecule has 0 fully saturated rings. The Bertz CT molecular complexity index is 1020. The van der Waals surface area contributed by atoms with E-state index in [2.05, 4.69) is 130 Å². The fourth-order valence-electron chi connectivity index (χ4n) is 4.44. The third kappa shape index (κ3) is 4.18. The number of allylic oxidation sites excluding steroid dienone is 6. The van der Waals surface area contributed by atoms with Crippen LogP contribution < -0.4 is 4.90 Å². The molecule has 156 valence electrons. The highest BCUT2D eigenvalue weighted by molar-refractivity contribution is 6.03. The van der Waals surface area contributed by atoms with Gasteiger partial charge in [-0.2, -0.15) is 4.58 Å². The summed E-state index contributed by atoms with van der Waals surface area (Å²) in [4.78, 5) is 2.31. The van der Waals surface area contributed by atoms with Gasteiger partial charge in [0.05, 0.1) is 5.41 Å². The predicted molar refractivity (Wildman–Crippen MR) is 131 cm³/mol. The molecule has 1 heterocycles. The summed E-state index contributed by atoms with van der Waals surface area (Å²) in [5.41, 5.74) is 8.01. The summed E-state index contributed by atoms with van der Waals surface area (Å²) in [6.07, 6.45) is 12.9. The number of hydrogen-bond donors (Lipinski definition) is 0. The van der Waals surface area contributed by atoms with Crippen LogP contribution in [-0.2, 0) is 11.8 Å². The quantitative estimate of drug-likeness (QED) is 0.367. The number of hydrogen-bond acceptors (Lipinski definition) is 1. The molecule has 2 aromatic carbocycles. The summed E-state index contributed by atoms with van der Waals surface area (Å²) in [5, 5.41) is 0. The molecular weight excluding hydrogens is 364 g/mol. The lowest BCUT2D eigenvalue weighted by atomic mass is 9.81. The molecule has 0 amide bonds. The van der Waals surface area contributed by atoms with Crippen LogP contribution in [0.2, 0.25) is 0 Å². The van der Waals surface area contributed by atoms with Crippen molar-refractivity contribution in [3.05, 3.63) is 95.7 Å². The lowest BCUT2D eigenvalue weighted by molar-refractivity contribution is -0.401. The van der Waals surface area contributed by atoms with Crippen molar-refractivity contribution < 1.29 is 4.58 Å². The summed E-state index contributed by atoms with van der Waals surface area (Å²) < 4.78 is 2.31. The molecule has 3 rings (SSSR count). The van der Waals surface area contributed by atoms with Crippen molar-refractivity contribution in [3.8, 4) is 0 Å². The highest BCUT2D eigenvalue weighted by atomic mass is 15.1. The maximum atomic E-state index is 2.31. The van der Waals surface area contributed by atoms with Crippen molar-refractivity contribution in [1.29, 1.82) is 0 Å². The van der Waals surface area contributed by atoms with Crippen LogP contribution in [0.5, 0.6) is 0 Å². The monoisotopic (exact) mass is 399 g/mol. The van der Waals surface area contributed by atoms with E-state index in [-0.39, 0.29) is 5.41 Å². The van der Waals surface area contributed by atoms with Gasteiger partial charge in [-0.05, 0) is 44.4 Å². The molecular formula is C28H35N2+. The van der Waals surface area contributed by atoms with Gasteiger partial charge in [-0.3, -0.25) is 0 Å². The van der Waals surface area contributed by atoms with E-state index in [0.29, 0.717) is 0 Å². The van der Waals surface area contributed by atoms with E-state index in [9.17, 15) is 0 Å². The Morgan fingerprint density at radius 3 is 2.37 bits per heavy atom. The summed E-state index contributed by atoms with van der Waals surface area (Å²) in [7, 11) is 4.32. The van der Waals surface area contributed by atoms with Gasteiger partial charge in [0.2, 0.25) is 5.69 Å². The van der Waals surface area contributed by atoms with Crippen LogP contribution >= 0.6 is 0 Å². The zero-order valence-corrected chi connectivity index (χ0v) is 19.3. The summed E-state index contributed by atoms with van der Waals surface area (Å²) in [6, 6.07) is 17.3. The van der Waals surface area contributed by atoms with Gasteiger partial charge in [0.1, 0.15) is 7.05 Å². The highest BCUT2D eigenvalue weighted by Crippen LogP contribution is 2.38. The maximum absolute atomic E-state index is 2.31. The zero-order chi connectivity index (χ0) is 21.7. The molecule has 0 aromatic heterocycles. The number of anilines is 1. The van der Waals surface area contributed by atoms with Crippen LogP contribution in [0.3, 0.4) is 0 Å². The van der Waals surface area contributed by atoms with Crippen LogP contribution in [-0.4, -0.2) is 24.4 Å². The number of fused-ring (bicyclic) bond motifs is 1. The van der Waals surface area contributed by atoms with Gasteiger partial charge in [-0.25, -0.2) is 0 Å². The van der Waals surface area contributed by atoms with Gasteiger partial charge in [0.15, 0.2) is 5.71 Å². The van der Waals surface area contributed by atoms with Crippen molar-refractivity contribution in [3.63, 3.8) is 0 Å². The first-order chi connectivity index (χ1) is 14.4. The number of para-hydroxylation sites is 2. The minimum absolute atomic E-state index is 0.0180. The molecule has 0 bridgehead atoms. The molecule has 0 N–H and O–H groups in total. The summed E-state index contributed by atoms with van der Waals surface area (Å²) in [5.74, 6) is 0. The van der Waals surface area contributed by atoms with E-state index in [1.54, 1.807) is 0 Å². The standard InChI is InChI=1S/C28H35N2/c1-7-22-16-12-14-19-25(22)29(5)23(8-2)17-10-9-11-21-27-28(3,4)24-18-13-15-20-26(24)30(27)6/h9-21H,7-8H2,1-6H3/q+1. The summed E-state index contributed by atoms with van der Waals surface area (Å²) >= 11 is 0. The minimum atomic E-state index is 0.0180. The van der Waals surface area contributed by atoms with Crippen molar-refractivity contribution in [1.82, 2.24) is 0 Å². The first kappa shape index (κ1) is 21.8. The van der Waals surface area contributed by atoms with Crippen molar-refractivity contribution in [2.24, 2.45) is 0 Å². The van der Waals surface area contributed by atoms with Gasteiger partial charge in [-0.1, -0.05) is 68.5 Å². The van der Waals surface area contributed by atoms with Gasteiger partial charge in [0, 0.05) is 36.1 Å². The topological polar surface area (TPSA) is 6.25 Å². The molecule has 0 saturated heterocycles. The first-order valence-corrected chi connectivity index (χ1v) is 11.0. The first-order valence-electron chi connectivity index (χ1n) is 11.0. The third-order valence-corrected chi connectivity index (χ3v) is 6.23. The SMILES string of the molecule is CCC(=CC=CC=CC1=[N+](C)c2ccccc2C1(C)C)N(C)c1ccccc1CC. The van der Waals surface area contributed by atoms with Crippen LogP contribution in [0.1, 0.15) is 45.2 Å². The molecule has 0 aliphatic carbocycles. The fraction of sp³-hybridized carbons (Fsp3) is 0.321. The van der Waals surface area contributed by atoms with Crippen LogP contribution in [0.25, 0.3) is 0 Å². The molecule has 1 aliphatic heterocycles. The maximum Gasteiger partial charge on any atom is 0.209 e. The Morgan fingerprint density at radius 1 is 0.967 bits per heavy atom. The lowest BCUT2D eigenvalue weighted by Gasteiger charge is -2.24. The number of aryl methyl sites for hydroxylation is 1. The van der Waals surface area contributed by atoms with Crippen LogP contribution in [0, 0.1) is 0 Å². The number of nitrogens with zero attached hydrogens (tertiary/aromatic N) is 2. The Labute approximate surface area is 182 Å². The molecule has 1 aliphatic rings. The van der Waals surface area contributed by atoms with E-state index in [1.165, 1.54) is 33.9 Å². The molecule has 30 heavy (non-hydrogen) atoms. The summed E-state index contributed by atoms with van der Waals surface area (Å²) in [6.45, 7) is 9.02.